The van der Waals surface area contributed by atoms with Gasteiger partial charge >= 0.3 is 0 Å². The summed E-state index contributed by atoms with van der Waals surface area (Å²) in [5.74, 6) is 0.753. The van der Waals surface area contributed by atoms with E-state index < -0.39 is 0 Å². The van der Waals surface area contributed by atoms with Crippen LogP contribution < -0.4 is 5.56 Å². The Morgan fingerprint density at radius 2 is 2.14 bits per heavy atom. The molecule has 150 valence electrons. The zero-order valence-electron chi connectivity index (χ0n) is 17.1. The number of unbranched alkanes of at least 4 members (excludes halogenated alkanes) is 1. The topological polar surface area (TPSA) is 69.3 Å². The highest BCUT2D eigenvalue weighted by Gasteiger charge is 2.27. The quantitative estimate of drug-likeness (QED) is 0.799. The molecule has 1 aromatic carbocycles. The van der Waals surface area contributed by atoms with E-state index in [1.165, 1.54) is 0 Å². The van der Waals surface area contributed by atoms with Gasteiger partial charge in [-0.25, -0.2) is 4.98 Å². The van der Waals surface area contributed by atoms with E-state index in [1.807, 2.05) is 30.1 Å². The van der Waals surface area contributed by atoms with Gasteiger partial charge in [-0.2, -0.15) is 0 Å². The molecule has 1 saturated heterocycles. The Hall–Kier alpha value is -2.47. The fourth-order valence-corrected chi connectivity index (χ4v) is 3.78. The lowest BCUT2D eigenvalue weighted by Gasteiger charge is -2.24. The molecule has 1 unspecified atom stereocenters. The van der Waals surface area contributed by atoms with Crippen LogP contribution in [0.3, 0.4) is 0 Å². The Bertz CT molecular complexity index is 877. The van der Waals surface area contributed by atoms with Crippen molar-refractivity contribution in [3.05, 3.63) is 51.9 Å². The van der Waals surface area contributed by atoms with Crippen LogP contribution in [-0.2, 0) is 17.8 Å². The summed E-state index contributed by atoms with van der Waals surface area (Å²) in [7, 11) is 1.88. The van der Waals surface area contributed by atoms with Gasteiger partial charge in [-0.15, -0.1) is 0 Å². The normalized spacial score (nSPS) is 17.0. The second-order valence-electron chi connectivity index (χ2n) is 7.65. The van der Waals surface area contributed by atoms with Crippen molar-refractivity contribution in [2.24, 2.45) is 0 Å². The van der Waals surface area contributed by atoms with Gasteiger partial charge in [0.05, 0.1) is 0 Å². The van der Waals surface area contributed by atoms with Gasteiger partial charge in [0.25, 0.3) is 5.56 Å². The minimum absolute atomic E-state index is 0.102. The van der Waals surface area contributed by atoms with Gasteiger partial charge in [-0.3, -0.25) is 14.5 Å². The zero-order valence-corrected chi connectivity index (χ0v) is 17.1. The van der Waals surface area contributed by atoms with Crippen LogP contribution >= 0.6 is 0 Å². The van der Waals surface area contributed by atoms with Gasteiger partial charge < -0.3 is 9.88 Å². The minimum Gasteiger partial charge on any atom is -0.342 e. The third-order valence-electron chi connectivity index (χ3n) is 5.54. The number of hydrogen-bond acceptors (Lipinski definition) is 4. The second-order valence-corrected chi connectivity index (χ2v) is 7.65. The largest absolute Gasteiger partial charge is 0.342 e. The lowest BCUT2D eigenvalue weighted by Crippen LogP contribution is -2.37. The van der Waals surface area contributed by atoms with Crippen LogP contribution in [0, 0.1) is 0 Å². The summed E-state index contributed by atoms with van der Waals surface area (Å²) in [6, 6.07) is 9.98. The average molecular weight is 383 g/mol. The number of benzene rings is 1. The number of carbonyl (C=O) groups is 1. The summed E-state index contributed by atoms with van der Waals surface area (Å²) < 4.78 is 0. The van der Waals surface area contributed by atoms with Gasteiger partial charge in [0.2, 0.25) is 5.91 Å². The molecule has 0 aliphatic carbocycles. The number of likely N-dealkylation sites (tertiary alicyclic amines) is 1. The molecule has 1 fully saturated rings. The molecule has 0 spiro atoms. The van der Waals surface area contributed by atoms with E-state index in [-0.39, 0.29) is 17.5 Å². The minimum atomic E-state index is -0.102. The fraction of sp³-hybridized carbons (Fsp3) is 0.500. The first-order valence-corrected chi connectivity index (χ1v) is 10.1. The van der Waals surface area contributed by atoms with Crippen molar-refractivity contribution in [3.63, 3.8) is 0 Å². The Balaban J connectivity index is 1.80. The molecule has 6 nitrogen and oxygen atoms in total. The monoisotopic (exact) mass is 382 g/mol. The van der Waals surface area contributed by atoms with Gasteiger partial charge in [-0.1, -0.05) is 37.6 Å². The van der Waals surface area contributed by atoms with Crippen LogP contribution in [0.15, 0.2) is 35.1 Å². The van der Waals surface area contributed by atoms with Crippen LogP contribution in [0.1, 0.15) is 44.4 Å². The Labute approximate surface area is 166 Å². The molecule has 28 heavy (non-hydrogen) atoms. The van der Waals surface area contributed by atoms with E-state index in [2.05, 4.69) is 22.9 Å². The van der Waals surface area contributed by atoms with Crippen molar-refractivity contribution >= 4 is 5.91 Å². The van der Waals surface area contributed by atoms with Crippen LogP contribution in [0.25, 0.3) is 11.4 Å². The summed E-state index contributed by atoms with van der Waals surface area (Å²) in [4.78, 5) is 35.6. The molecule has 2 aromatic rings. The van der Waals surface area contributed by atoms with Crippen molar-refractivity contribution in [1.29, 1.82) is 0 Å². The summed E-state index contributed by atoms with van der Waals surface area (Å²) in [6.07, 6.45) is 3.90. The van der Waals surface area contributed by atoms with E-state index in [0.29, 0.717) is 5.82 Å². The predicted molar refractivity (Wildman–Crippen MR) is 111 cm³/mol. The van der Waals surface area contributed by atoms with Gasteiger partial charge in [0, 0.05) is 57.0 Å². The van der Waals surface area contributed by atoms with Crippen LogP contribution in [0.5, 0.6) is 0 Å². The Morgan fingerprint density at radius 1 is 1.36 bits per heavy atom. The molecule has 1 amide bonds. The van der Waals surface area contributed by atoms with Crippen LogP contribution in [-0.4, -0.2) is 51.9 Å². The second kappa shape index (κ2) is 9.15. The number of carbonyl (C=O) groups excluding carboxylic acids is 1. The third-order valence-corrected chi connectivity index (χ3v) is 5.54. The first kappa shape index (κ1) is 20.3. The van der Waals surface area contributed by atoms with Gasteiger partial charge in [0.15, 0.2) is 0 Å². The number of amides is 1. The molecule has 6 heteroatoms. The maximum atomic E-state index is 12.1. The summed E-state index contributed by atoms with van der Waals surface area (Å²) in [6.45, 7) is 6.35. The standard InChI is InChI=1S/C22H30N4O2/c1-4-5-9-18-13-21(28)24-22(23-18)20-10-7-6-8-17(20)14-26-12-11-19(15-26)25(3)16(2)27/h6-8,10,13,19H,4-5,9,11-12,14-15H2,1-3H3,(H,23,24,28). The Morgan fingerprint density at radius 3 is 2.89 bits per heavy atom. The van der Waals surface area contributed by atoms with Crippen LogP contribution in [0.2, 0.25) is 0 Å². The highest BCUT2D eigenvalue weighted by molar-refractivity contribution is 5.73. The number of rotatable bonds is 7. The number of aryl methyl sites for hydroxylation is 1. The molecular weight excluding hydrogens is 352 g/mol. The molecular formula is C22H30N4O2. The smallest absolute Gasteiger partial charge is 0.251 e. The van der Waals surface area contributed by atoms with Crippen molar-refractivity contribution < 1.29 is 4.79 Å². The predicted octanol–water partition coefficient (Wildman–Crippen LogP) is 2.83. The lowest BCUT2D eigenvalue weighted by atomic mass is 10.1. The Kier molecular flexibility index (Phi) is 6.62. The number of hydrogen-bond donors (Lipinski definition) is 1. The van der Waals surface area contributed by atoms with Crippen molar-refractivity contribution in [3.8, 4) is 11.4 Å². The highest BCUT2D eigenvalue weighted by atomic mass is 16.2. The van der Waals surface area contributed by atoms with E-state index >= 15 is 0 Å². The molecule has 3 rings (SSSR count). The van der Waals surface area contributed by atoms with Crippen LogP contribution in [0.4, 0.5) is 0 Å². The molecule has 1 atom stereocenters. The molecule has 1 aromatic heterocycles. The molecule has 1 N–H and O–H groups in total. The summed E-state index contributed by atoms with van der Waals surface area (Å²) >= 11 is 0. The van der Waals surface area contributed by atoms with E-state index in [4.69, 9.17) is 4.98 Å². The highest BCUT2D eigenvalue weighted by Crippen LogP contribution is 2.24. The number of H-pyrrole nitrogens is 1. The number of aromatic nitrogens is 2. The fourth-order valence-electron chi connectivity index (χ4n) is 3.78. The maximum absolute atomic E-state index is 12.1. The van der Waals surface area contributed by atoms with E-state index in [9.17, 15) is 9.59 Å². The van der Waals surface area contributed by atoms with E-state index in [1.54, 1.807) is 13.0 Å². The number of nitrogens with zero attached hydrogens (tertiary/aromatic N) is 3. The lowest BCUT2D eigenvalue weighted by molar-refractivity contribution is -0.129. The molecule has 1 aliphatic heterocycles. The van der Waals surface area contributed by atoms with Crippen molar-refractivity contribution in [1.82, 2.24) is 19.8 Å². The number of nitrogens with one attached hydrogen (secondary N) is 1. The molecule has 0 saturated carbocycles. The van der Waals surface area contributed by atoms with Gasteiger partial charge in [-0.05, 0) is 24.8 Å². The van der Waals surface area contributed by atoms with E-state index in [0.717, 1.165) is 62.1 Å². The third kappa shape index (κ3) is 4.87. The molecule has 0 bridgehead atoms. The maximum Gasteiger partial charge on any atom is 0.251 e. The zero-order chi connectivity index (χ0) is 20.1. The van der Waals surface area contributed by atoms with Crippen molar-refractivity contribution in [2.45, 2.75) is 52.1 Å². The molecule has 2 heterocycles. The first-order chi connectivity index (χ1) is 13.5. The summed E-state index contributed by atoms with van der Waals surface area (Å²) in [5, 5.41) is 0. The van der Waals surface area contributed by atoms with Crippen molar-refractivity contribution in [2.75, 3.05) is 20.1 Å². The first-order valence-electron chi connectivity index (χ1n) is 10.1. The molecule has 0 radical (unpaired) electrons. The van der Waals surface area contributed by atoms with Gasteiger partial charge in [0.1, 0.15) is 5.82 Å². The summed E-state index contributed by atoms with van der Waals surface area (Å²) in [5.41, 5.74) is 2.86. The SMILES string of the molecule is CCCCc1cc(=O)[nH]c(-c2ccccc2CN2CCC(N(C)C(C)=O)C2)n1. The molecule has 1 aliphatic rings. The average Bonchev–Trinajstić information content (AvgIpc) is 3.14. The number of likely N-dealkylation sites (N-methyl/N-ethyl adjacent to an activating group) is 1. The number of aromatic amines is 1.